The molecule has 0 amide bonds. The van der Waals surface area contributed by atoms with Crippen LogP contribution in [0, 0.1) is 5.92 Å². The van der Waals surface area contributed by atoms with Crippen molar-refractivity contribution >= 4 is 0 Å². The maximum atomic E-state index is 2.48. The Morgan fingerprint density at radius 1 is 0.889 bits per heavy atom. The molecule has 3 nitrogen and oxygen atoms in total. The Kier molecular flexibility index (Phi) is 8.08. The highest BCUT2D eigenvalue weighted by molar-refractivity contribution is 4.90. The third kappa shape index (κ3) is 5.25. The van der Waals surface area contributed by atoms with Crippen molar-refractivity contribution in [1.82, 2.24) is 14.7 Å². The Morgan fingerprint density at radius 2 is 1.39 bits per heavy atom. The van der Waals surface area contributed by atoms with Crippen molar-refractivity contribution < 1.29 is 0 Å². The van der Waals surface area contributed by atoms with Crippen LogP contribution in [-0.2, 0) is 0 Å². The molecule has 0 spiro atoms. The van der Waals surface area contributed by atoms with Crippen molar-refractivity contribution in [3.05, 3.63) is 0 Å². The van der Waals surface area contributed by atoms with Gasteiger partial charge in [0, 0.05) is 25.2 Å². The molecule has 0 bridgehead atoms. The molecule has 1 atom stereocenters. The first-order valence-corrected chi connectivity index (χ1v) is 7.36. The lowest BCUT2D eigenvalue weighted by atomic mass is 9.86. The molecule has 0 rings (SSSR count). The van der Waals surface area contributed by atoms with Crippen LogP contribution < -0.4 is 0 Å². The van der Waals surface area contributed by atoms with Gasteiger partial charge in [0.25, 0.3) is 0 Å². The van der Waals surface area contributed by atoms with E-state index in [-0.39, 0.29) is 5.54 Å². The molecule has 0 radical (unpaired) electrons. The van der Waals surface area contributed by atoms with E-state index in [0.29, 0.717) is 5.92 Å². The van der Waals surface area contributed by atoms with Gasteiger partial charge in [-0.25, -0.2) is 0 Å². The minimum absolute atomic E-state index is 0.258. The predicted molar refractivity (Wildman–Crippen MR) is 82.2 cm³/mol. The van der Waals surface area contributed by atoms with Crippen LogP contribution in [0.5, 0.6) is 0 Å². The van der Waals surface area contributed by atoms with Crippen molar-refractivity contribution in [3.8, 4) is 0 Å². The monoisotopic (exact) mass is 257 g/mol. The van der Waals surface area contributed by atoms with E-state index in [0.717, 1.165) is 32.7 Å². The van der Waals surface area contributed by atoms with E-state index in [1.165, 1.54) is 0 Å². The molecule has 3 heteroatoms. The summed E-state index contributed by atoms with van der Waals surface area (Å²) in [5.74, 6) is 0.661. The molecule has 0 saturated carbocycles. The number of hydrogen-bond donors (Lipinski definition) is 0. The molecule has 0 fully saturated rings. The molecule has 0 aliphatic heterocycles. The summed E-state index contributed by atoms with van der Waals surface area (Å²) in [7, 11) is 6.67. The lowest BCUT2D eigenvalue weighted by Gasteiger charge is -2.44. The molecule has 0 heterocycles. The highest BCUT2D eigenvalue weighted by Crippen LogP contribution is 2.24. The van der Waals surface area contributed by atoms with E-state index in [2.05, 4.69) is 70.5 Å². The summed E-state index contributed by atoms with van der Waals surface area (Å²) in [6.45, 7) is 17.2. The maximum Gasteiger partial charge on any atom is 0.0327 e. The predicted octanol–water partition coefficient (Wildman–Crippen LogP) is 2.24. The average Bonchev–Trinajstić information content (AvgIpc) is 2.34. The highest BCUT2D eigenvalue weighted by Gasteiger charge is 2.33. The van der Waals surface area contributed by atoms with Crippen molar-refractivity contribution in [1.29, 1.82) is 0 Å². The van der Waals surface area contributed by atoms with Crippen LogP contribution in [0.3, 0.4) is 0 Å². The third-order valence-electron chi connectivity index (χ3n) is 4.58. The molecular formula is C15H35N3. The molecule has 18 heavy (non-hydrogen) atoms. The lowest BCUT2D eigenvalue weighted by molar-refractivity contribution is 0.0539. The minimum Gasteiger partial charge on any atom is -0.305 e. The zero-order chi connectivity index (χ0) is 14.3. The van der Waals surface area contributed by atoms with Crippen molar-refractivity contribution in [3.63, 3.8) is 0 Å². The smallest absolute Gasteiger partial charge is 0.0327 e. The minimum atomic E-state index is 0.258. The van der Waals surface area contributed by atoms with Crippen LogP contribution in [0.1, 0.15) is 34.6 Å². The van der Waals surface area contributed by atoms with E-state index in [1.807, 2.05) is 0 Å². The number of nitrogens with zero attached hydrogens (tertiary/aromatic N) is 3. The summed E-state index contributed by atoms with van der Waals surface area (Å²) in [5, 5.41) is 0. The Bertz CT molecular complexity index is 218. The first kappa shape index (κ1) is 17.9. The topological polar surface area (TPSA) is 9.72 Å². The number of rotatable bonds is 9. The average molecular weight is 257 g/mol. The van der Waals surface area contributed by atoms with Crippen LogP contribution in [0.15, 0.2) is 0 Å². The quantitative estimate of drug-likeness (QED) is 0.627. The van der Waals surface area contributed by atoms with Gasteiger partial charge < -0.3 is 9.80 Å². The largest absolute Gasteiger partial charge is 0.305 e. The second-order valence-electron chi connectivity index (χ2n) is 6.16. The van der Waals surface area contributed by atoms with Crippen LogP contribution in [0.2, 0.25) is 0 Å². The summed E-state index contributed by atoms with van der Waals surface area (Å²) in [4.78, 5) is 7.32. The van der Waals surface area contributed by atoms with Gasteiger partial charge in [-0.15, -0.1) is 0 Å². The van der Waals surface area contributed by atoms with Gasteiger partial charge in [-0.3, -0.25) is 4.90 Å². The molecular weight excluding hydrogens is 222 g/mol. The Balaban J connectivity index is 4.41. The Morgan fingerprint density at radius 3 is 1.78 bits per heavy atom. The van der Waals surface area contributed by atoms with E-state index in [9.17, 15) is 0 Å². The van der Waals surface area contributed by atoms with Gasteiger partial charge in [-0.2, -0.15) is 0 Å². The fourth-order valence-electron chi connectivity index (χ4n) is 2.23. The summed E-state index contributed by atoms with van der Waals surface area (Å²) in [5.41, 5.74) is 0.258. The summed E-state index contributed by atoms with van der Waals surface area (Å²) in [6, 6.07) is 0. The normalized spacial score (nSPS) is 16.0. The molecule has 0 aromatic rings. The van der Waals surface area contributed by atoms with E-state index >= 15 is 0 Å². The van der Waals surface area contributed by atoms with Gasteiger partial charge in [0.05, 0.1) is 0 Å². The van der Waals surface area contributed by atoms with Gasteiger partial charge in [0.1, 0.15) is 0 Å². The zero-order valence-corrected chi connectivity index (χ0v) is 14.0. The molecule has 0 saturated heterocycles. The van der Waals surface area contributed by atoms with Gasteiger partial charge in [0.15, 0.2) is 0 Å². The summed E-state index contributed by atoms with van der Waals surface area (Å²) >= 11 is 0. The number of likely N-dealkylation sites (N-methyl/N-ethyl adjacent to an activating group) is 3. The molecule has 0 aliphatic rings. The number of hydrogen-bond acceptors (Lipinski definition) is 3. The fourth-order valence-corrected chi connectivity index (χ4v) is 2.23. The Hall–Kier alpha value is -0.120. The van der Waals surface area contributed by atoms with Gasteiger partial charge in [0.2, 0.25) is 0 Å². The zero-order valence-electron chi connectivity index (χ0n) is 14.0. The maximum absolute atomic E-state index is 2.48. The lowest BCUT2D eigenvalue weighted by Crippen LogP contribution is -2.55. The fraction of sp³-hybridized carbons (Fsp3) is 1.00. The second-order valence-corrected chi connectivity index (χ2v) is 6.16. The van der Waals surface area contributed by atoms with Crippen LogP contribution in [0.4, 0.5) is 0 Å². The van der Waals surface area contributed by atoms with E-state index in [1.54, 1.807) is 0 Å². The first-order valence-electron chi connectivity index (χ1n) is 7.36. The van der Waals surface area contributed by atoms with Crippen molar-refractivity contribution in [2.45, 2.75) is 40.2 Å². The van der Waals surface area contributed by atoms with Crippen LogP contribution >= 0.6 is 0 Å². The van der Waals surface area contributed by atoms with Crippen molar-refractivity contribution in [2.75, 3.05) is 53.9 Å². The highest BCUT2D eigenvalue weighted by atomic mass is 15.2. The second kappa shape index (κ2) is 8.13. The third-order valence-corrected chi connectivity index (χ3v) is 4.58. The molecule has 0 aliphatic carbocycles. The molecule has 0 N–H and O–H groups in total. The van der Waals surface area contributed by atoms with Gasteiger partial charge >= 0.3 is 0 Å². The van der Waals surface area contributed by atoms with Crippen molar-refractivity contribution in [2.24, 2.45) is 5.92 Å². The van der Waals surface area contributed by atoms with Crippen LogP contribution in [0.25, 0.3) is 0 Å². The molecule has 0 aromatic carbocycles. The molecule has 1 unspecified atom stereocenters. The summed E-state index contributed by atoms with van der Waals surface area (Å²) in [6.07, 6.45) is 0. The standard InChI is InChI=1S/C15H35N3/c1-9-16(6)11-12-17(7)13-15(5,14(3)4)18(8)10-2/h14H,9-13H2,1-8H3. The molecule has 0 aromatic heterocycles. The van der Waals surface area contributed by atoms with Gasteiger partial charge in [-0.1, -0.05) is 27.7 Å². The summed E-state index contributed by atoms with van der Waals surface area (Å²) < 4.78 is 0. The first-order chi connectivity index (χ1) is 8.27. The molecule has 110 valence electrons. The SMILES string of the molecule is CCN(C)CCN(C)CC(C)(C(C)C)N(C)CC. The van der Waals surface area contributed by atoms with E-state index < -0.39 is 0 Å². The van der Waals surface area contributed by atoms with Crippen LogP contribution in [-0.4, -0.2) is 74.1 Å². The Labute approximate surface area is 115 Å². The van der Waals surface area contributed by atoms with E-state index in [4.69, 9.17) is 0 Å². The van der Waals surface area contributed by atoms with Gasteiger partial charge in [-0.05, 0) is 47.1 Å².